The molecule has 0 bridgehead atoms. The van der Waals surface area contributed by atoms with Crippen molar-refractivity contribution in [3.8, 4) is 0 Å². The summed E-state index contributed by atoms with van der Waals surface area (Å²) in [6.45, 7) is 0. The summed E-state index contributed by atoms with van der Waals surface area (Å²) in [4.78, 5) is 17.2. The van der Waals surface area contributed by atoms with Crippen LogP contribution in [0.2, 0.25) is 0 Å². The van der Waals surface area contributed by atoms with Crippen molar-refractivity contribution in [2.75, 3.05) is 25.6 Å². The number of nitrogens with zero attached hydrogens (tertiary/aromatic N) is 5. The number of fused-ring (bicyclic) bond motifs is 1. The maximum atomic E-state index is 11.5. The average molecular weight is 252 g/mol. The second-order valence-electron chi connectivity index (χ2n) is 3.61. The minimum atomic E-state index is 0.0184. The van der Waals surface area contributed by atoms with Gasteiger partial charge < -0.3 is 10.6 Å². The van der Waals surface area contributed by atoms with E-state index in [2.05, 4.69) is 15.3 Å². The Labute approximate surface area is 102 Å². The number of hydrogen-bond acceptors (Lipinski definition) is 6. The molecule has 2 aromatic rings. The monoisotopic (exact) mass is 252 g/mol. The lowest BCUT2D eigenvalue weighted by atomic mass is 10.6. The SMILES string of the molecule is CN(C)C(=O)CSc1nc(N)cn2nncc12. The Kier molecular flexibility index (Phi) is 3.14. The molecular weight excluding hydrogens is 240 g/mol. The van der Waals surface area contributed by atoms with Crippen LogP contribution in [0, 0.1) is 0 Å². The van der Waals surface area contributed by atoms with Crippen molar-refractivity contribution < 1.29 is 4.79 Å². The summed E-state index contributed by atoms with van der Waals surface area (Å²) in [6.07, 6.45) is 3.18. The van der Waals surface area contributed by atoms with Gasteiger partial charge in [-0.3, -0.25) is 4.79 Å². The van der Waals surface area contributed by atoms with E-state index in [1.165, 1.54) is 16.7 Å². The number of thioether (sulfide) groups is 1. The van der Waals surface area contributed by atoms with E-state index in [1.54, 1.807) is 31.0 Å². The molecule has 2 heterocycles. The largest absolute Gasteiger partial charge is 0.382 e. The van der Waals surface area contributed by atoms with Gasteiger partial charge in [0.2, 0.25) is 5.91 Å². The van der Waals surface area contributed by atoms with Crippen molar-refractivity contribution in [3.05, 3.63) is 12.4 Å². The van der Waals surface area contributed by atoms with E-state index in [0.717, 1.165) is 5.52 Å². The van der Waals surface area contributed by atoms with E-state index in [1.807, 2.05) is 0 Å². The highest BCUT2D eigenvalue weighted by atomic mass is 32.2. The summed E-state index contributed by atoms with van der Waals surface area (Å²) >= 11 is 1.32. The summed E-state index contributed by atoms with van der Waals surface area (Å²) in [5.41, 5.74) is 6.39. The standard InChI is InChI=1S/C9H12N6OS/c1-14(2)8(16)5-17-9-6-3-11-13-15(6)4-7(10)12-9/h3-4H,5,10H2,1-2H3. The number of anilines is 1. The summed E-state index contributed by atoms with van der Waals surface area (Å²) in [7, 11) is 3.43. The normalized spacial score (nSPS) is 10.7. The Morgan fingerprint density at radius 1 is 1.59 bits per heavy atom. The first kappa shape index (κ1) is 11.6. The van der Waals surface area contributed by atoms with Gasteiger partial charge in [0, 0.05) is 14.1 Å². The highest BCUT2D eigenvalue weighted by Crippen LogP contribution is 2.21. The first-order valence-electron chi connectivity index (χ1n) is 4.87. The zero-order valence-corrected chi connectivity index (χ0v) is 10.3. The van der Waals surface area contributed by atoms with Gasteiger partial charge in [-0.1, -0.05) is 17.0 Å². The fraction of sp³-hybridized carbons (Fsp3) is 0.333. The quantitative estimate of drug-likeness (QED) is 0.766. The van der Waals surface area contributed by atoms with Crippen LogP contribution in [-0.2, 0) is 4.79 Å². The van der Waals surface area contributed by atoms with E-state index in [-0.39, 0.29) is 5.91 Å². The molecule has 2 N–H and O–H groups in total. The van der Waals surface area contributed by atoms with Gasteiger partial charge in [-0.25, -0.2) is 9.50 Å². The van der Waals surface area contributed by atoms with Crippen LogP contribution >= 0.6 is 11.8 Å². The third-order valence-electron chi connectivity index (χ3n) is 2.11. The van der Waals surface area contributed by atoms with Crippen LogP contribution in [0.4, 0.5) is 5.82 Å². The van der Waals surface area contributed by atoms with E-state index >= 15 is 0 Å². The van der Waals surface area contributed by atoms with Gasteiger partial charge in [0.05, 0.1) is 18.1 Å². The fourth-order valence-electron chi connectivity index (χ4n) is 1.19. The van der Waals surface area contributed by atoms with Crippen LogP contribution in [0.1, 0.15) is 0 Å². The van der Waals surface area contributed by atoms with Crippen molar-refractivity contribution in [3.63, 3.8) is 0 Å². The molecule has 0 atom stereocenters. The molecule has 17 heavy (non-hydrogen) atoms. The molecule has 8 heteroatoms. The van der Waals surface area contributed by atoms with E-state index in [9.17, 15) is 4.79 Å². The summed E-state index contributed by atoms with van der Waals surface area (Å²) in [5.74, 6) is 0.678. The Morgan fingerprint density at radius 2 is 2.35 bits per heavy atom. The first-order valence-corrected chi connectivity index (χ1v) is 5.86. The molecule has 7 nitrogen and oxygen atoms in total. The molecule has 0 saturated heterocycles. The number of rotatable bonds is 3. The van der Waals surface area contributed by atoms with Gasteiger partial charge in [-0.05, 0) is 0 Å². The average Bonchev–Trinajstić information content (AvgIpc) is 2.72. The van der Waals surface area contributed by atoms with Gasteiger partial charge in [-0.2, -0.15) is 0 Å². The van der Waals surface area contributed by atoms with Gasteiger partial charge >= 0.3 is 0 Å². The first-order chi connectivity index (χ1) is 8.08. The predicted octanol–water partition coefficient (Wildman–Crippen LogP) is -0.113. The molecule has 0 spiro atoms. The Balaban J connectivity index is 2.23. The molecule has 2 aromatic heterocycles. The number of nitrogens with two attached hydrogens (primary N) is 1. The van der Waals surface area contributed by atoms with Crippen molar-refractivity contribution in [1.82, 2.24) is 24.7 Å². The van der Waals surface area contributed by atoms with Gasteiger partial charge in [0.25, 0.3) is 0 Å². The molecule has 2 rings (SSSR count). The number of hydrogen-bond donors (Lipinski definition) is 1. The van der Waals surface area contributed by atoms with Crippen LogP contribution in [-0.4, -0.2) is 50.5 Å². The molecule has 0 radical (unpaired) electrons. The van der Waals surface area contributed by atoms with Gasteiger partial charge in [0.1, 0.15) is 16.4 Å². The second-order valence-corrected chi connectivity index (χ2v) is 4.58. The second kappa shape index (κ2) is 4.58. The third kappa shape index (κ3) is 2.47. The summed E-state index contributed by atoms with van der Waals surface area (Å²) in [5, 5.41) is 8.27. The molecule has 0 aliphatic heterocycles. The minimum absolute atomic E-state index is 0.0184. The lowest BCUT2D eigenvalue weighted by molar-refractivity contribution is -0.125. The van der Waals surface area contributed by atoms with E-state index in [4.69, 9.17) is 5.73 Å². The number of aromatic nitrogens is 4. The highest BCUT2D eigenvalue weighted by Gasteiger charge is 2.10. The molecule has 0 aromatic carbocycles. The van der Waals surface area contributed by atoms with Crippen LogP contribution < -0.4 is 5.73 Å². The van der Waals surface area contributed by atoms with Gasteiger partial charge in [0.15, 0.2) is 0 Å². The van der Waals surface area contributed by atoms with Crippen molar-refractivity contribution in [2.45, 2.75) is 5.03 Å². The fourth-order valence-corrected chi connectivity index (χ4v) is 2.17. The molecule has 0 aliphatic rings. The maximum Gasteiger partial charge on any atom is 0.232 e. The smallest absolute Gasteiger partial charge is 0.232 e. The maximum absolute atomic E-state index is 11.5. The zero-order valence-electron chi connectivity index (χ0n) is 9.49. The Hall–Kier alpha value is -1.83. The van der Waals surface area contributed by atoms with Crippen molar-refractivity contribution >= 4 is 29.0 Å². The lowest BCUT2D eigenvalue weighted by Crippen LogP contribution is -2.23. The molecule has 0 unspecified atom stereocenters. The molecular formula is C9H12N6OS. The number of nitrogen functional groups attached to an aromatic ring is 1. The van der Waals surface area contributed by atoms with Crippen molar-refractivity contribution in [2.24, 2.45) is 0 Å². The molecule has 90 valence electrons. The van der Waals surface area contributed by atoms with Crippen LogP contribution in [0.25, 0.3) is 5.52 Å². The van der Waals surface area contributed by atoms with Crippen LogP contribution in [0.5, 0.6) is 0 Å². The number of amides is 1. The van der Waals surface area contributed by atoms with Crippen LogP contribution in [0.15, 0.2) is 17.4 Å². The Morgan fingerprint density at radius 3 is 3.06 bits per heavy atom. The van der Waals surface area contributed by atoms with Crippen LogP contribution in [0.3, 0.4) is 0 Å². The lowest BCUT2D eigenvalue weighted by Gasteiger charge is -2.09. The third-order valence-corrected chi connectivity index (χ3v) is 3.08. The van der Waals surface area contributed by atoms with E-state index < -0.39 is 0 Å². The Bertz CT molecular complexity index is 551. The highest BCUT2D eigenvalue weighted by molar-refractivity contribution is 8.00. The summed E-state index contributed by atoms with van der Waals surface area (Å²) < 4.78 is 1.55. The molecule has 0 aliphatic carbocycles. The molecule has 1 amide bonds. The zero-order chi connectivity index (χ0) is 12.4. The number of carbonyl (C=O) groups excluding carboxylic acids is 1. The van der Waals surface area contributed by atoms with Gasteiger partial charge in [-0.15, -0.1) is 5.10 Å². The van der Waals surface area contributed by atoms with Crippen molar-refractivity contribution in [1.29, 1.82) is 0 Å². The van der Waals surface area contributed by atoms with E-state index in [0.29, 0.717) is 16.6 Å². The molecule has 0 fully saturated rings. The molecule has 0 saturated carbocycles. The summed E-state index contributed by atoms with van der Waals surface area (Å²) in [6, 6.07) is 0. The predicted molar refractivity (Wildman–Crippen MR) is 64.6 cm³/mol. The topological polar surface area (TPSA) is 89.4 Å². The number of carbonyl (C=O) groups is 1. The minimum Gasteiger partial charge on any atom is -0.382 e.